The lowest BCUT2D eigenvalue weighted by molar-refractivity contribution is -0.156. The van der Waals surface area contributed by atoms with Gasteiger partial charge in [0.05, 0.1) is 14.2 Å². The predicted octanol–water partition coefficient (Wildman–Crippen LogP) is 4.45. The molecule has 1 unspecified atom stereocenters. The first kappa shape index (κ1) is 22.1. The summed E-state index contributed by atoms with van der Waals surface area (Å²) in [5.74, 6) is -0.941. The third kappa shape index (κ3) is 4.82. The smallest absolute Gasteiger partial charge is 0.332 e. The molecule has 0 aliphatic rings. The van der Waals surface area contributed by atoms with Crippen LogP contribution < -0.4 is 9.47 Å². The van der Waals surface area contributed by atoms with Crippen LogP contribution in [0.25, 0.3) is 0 Å². The highest BCUT2D eigenvalue weighted by Crippen LogP contribution is 2.41. The summed E-state index contributed by atoms with van der Waals surface area (Å²) in [4.78, 5) is 26.3. The second-order valence-corrected chi connectivity index (χ2v) is 7.87. The van der Waals surface area contributed by atoms with E-state index >= 15 is 0 Å². The zero-order chi connectivity index (χ0) is 20.0. The molecule has 144 valence electrons. The van der Waals surface area contributed by atoms with Gasteiger partial charge in [0.25, 0.3) is 0 Å². The average Bonchev–Trinajstić information content (AvgIpc) is 2.60. The van der Waals surface area contributed by atoms with Gasteiger partial charge in [-0.05, 0) is 39.3 Å². The molecule has 0 saturated heterocycles. The van der Waals surface area contributed by atoms with Crippen molar-refractivity contribution in [3.05, 3.63) is 23.8 Å². The lowest BCUT2D eigenvalue weighted by Gasteiger charge is -2.29. The number of ketones is 1. The highest BCUT2D eigenvalue weighted by molar-refractivity contribution is 7.30. The number of benzene rings is 1. The number of unbranched alkanes of at least 4 members (excludes halogenated alkanes) is 1. The van der Waals surface area contributed by atoms with E-state index in [-0.39, 0.29) is 23.5 Å². The molecule has 1 atom stereocenters. The monoisotopic (exact) mass is 382 g/mol. The van der Waals surface area contributed by atoms with Gasteiger partial charge < -0.3 is 14.2 Å². The molecule has 0 N–H and O–H groups in total. The van der Waals surface area contributed by atoms with Crippen LogP contribution in [-0.2, 0) is 14.1 Å². The van der Waals surface area contributed by atoms with Gasteiger partial charge >= 0.3 is 5.97 Å². The van der Waals surface area contributed by atoms with E-state index in [2.05, 4.69) is 0 Å². The summed E-state index contributed by atoms with van der Waals surface area (Å²) in [6.45, 7) is 7.03. The molecular weight excluding hydrogens is 355 g/mol. The SMILES string of the molecule is CCCCC(P=O)(C(=O)OC(C)(C)C)C(=O)c1c(OC)cccc1OC. The van der Waals surface area contributed by atoms with Crippen LogP contribution in [0.15, 0.2) is 18.2 Å². The van der Waals surface area contributed by atoms with Crippen LogP contribution in [-0.4, -0.2) is 36.7 Å². The van der Waals surface area contributed by atoms with E-state index in [4.69, 9.17) is 14.2 Å². The Balaban J connectivity index is 3.55. The van der Waals surface area contributed by atoms with Crippen molar-refractivity contribution >= 4 is 20.2 Å². The fourth-order valence-corrected chi connectivity index (χ4v) is 3.07. The van der Waals surface area contributed by atoms with Gasteiger partial charge in [-0.3, -0.25) is 14.2 Å². The van der Waals surface area contributed by atoms with Crippen LogP contribution >= 0.6 is 8.46 Å². The molecule has 0 saturated carbocycles. The van der Waals surface area contributed by atoms with Crippen LogP contribution in [0.1, 0.15) is 57.3 Å². The van der Waals surface area contributed by atoms with Crippen molar-refractivity contribution < 1.29 is 28.4 Å². The molecule has 0 radical (unpaired) electrons. The van der Waals surface area contributed by atoms with Crippen molar-refractivity contribution in [3.8, 4) is 11.5 Å². The molecule has 0 bridgehead atoms. The van der Waals surface area contributed by atoms with Crippen molar-refractivity contribution in [2.45, 2.75) is 57.7 Å². The molecule has 1 rings (SSSR count). The zero-order valence-electron chi connectivity index (χ0n) is 16.3. The third-order valence-electron chi connectivity index (χ3n) is 3.82. The first-order chi connectivity index (χ1) is 12.2. The highest BCUT2D eigenvalue weighted by Gasteiger charge is 2.51. The molecule has 26 heavy (non-hydrogen) atoms. The number of carbonyl (C=O) groups is 2. The number of methoxy groups -OCH3 is 2. The number of hydrogen-bond acceptors (Lipinski definition) is 6. The Morgan fingerprint density at radius 2 is 1.62 bits per heavy atom. The van der Waals surface area contributed by atoms with Crippen LogP contribution in [0.3, 0.4) is 0 Å². The molecule has 1 aromatic rings. The standard InChI is InChI=1S/C19H27O6P/c1-7-8-12-19(26-22,17(21)25-18(2,3)4)16(20)15-13(23-5)10-9-11-14(15)24-6/h9-11H,7-8,12H2,1-6H3. The third-order valence-corrected chi connectivity index (χ3v) is 4.74. The fraction of sp³-hybridized carbons (Fsp3) is 0.579. The van der Waals surface area contributed by atoms with Gasteiger partial charge in [0, 0.05) is 0 Å². The molecule has 6 nitrogen and oxygen atoms in total. The Bertz CT molecular complexity index is 642. The lowest BCUT2D eigenvalue weighted by Crippen LogP contribution is -2.45. The van der Waals surface area contributed by atoms with Crippen molar-refractivity contribution in [2.75, 3.05) is 14.2 Å². The Morgan fingerprint density at radius 3 is 2.00 bits per heavy atom. The molecule has 0 heterocycles. The van der Waals surface area contributed by atoms with Crippen LogP contribution in [0.4, 0.5) is 0 Å². The molecule has 0 amide bonds. The minimum Gasteiger partial charge on any atom is -0.496 e. The number of rotatable bonds is 9. The second-order valence-electron chi connectivity index (χ2n) is 6.92. The fourth-order valence-electron chi connectivity index (χ4n) is 2.51. The molecule has 1 aromatic carbocycles. The summed E-state index contributed by atoms with van der Waals surface area (Å²) < 4.78 is 28.2. The summed E-state index contributed by atoms with van der Waals surface area (Å²) >= 11 is 0. The van der Waals surface area contributed by atoms with Crippen LogP contribution in [0, 0.1) is 0 Å². The summed E-state index contributed by atoms with van der Waals surface area (Å²) in [7, 11) is 2.22. The second kappa shape index (κ2) is 9.13. The Hall–Kier alpha value is -1.94. The number of carbonyl (C=O) groups excluding carboxylic acids is 2. The van der Waals surface area contributed by atoms with E-state index in [0.717, 1.165) is 6.42 Å². The molecule has 7 heteroatoms. The van der Waals surface area contributed by atoms with Crippen molar-refractivity contribution in [1.82, 2.24) is 0 Å². The van der Waals surface area contributed by atoms with Gasteiger partial charge in [0.1, 0.15) is 22.7 Å². The molecule has 0 spiro atoms. The Morgan fingerprint density at radius 1 is 1.08 bits per heavy atom. The van der Waals surface area contributed by atoms with Gasteiger partial charge in [-0.15, -0.1) is 0 Å². The van der Waals surface area contributed by atoms with Gasteiger partial charge in [-0.25, -0.2) is 0 Å². The summed E-state index contributed by atoms with van der Waals surface area (Å²) in [6, 6.07) is 4.86. The minimum absolute atomic E-state index is 0.0859. The molecule has 0 fully saturated rings. The van der Waals surface area contributed by atoms with Gasteiger partial charge in [0.2, 0.25) is 5.16 Å². The van der Waals surface area contributed by atoms with Gasteiger partial charge in [0.15, 0.2) is 14.2 Å². The average molecular weight is 382 g/mol. The number of ether oxygens (including phenoxy) is 3. The first-order valence-corrected chi connectivity index (χ1v) is 9.31. The predicted molar refractivity (Wildman–Crippen MR) is 99.6 cm³/mol. The zero-order valence-corrected chi connectivity index (χ0v) is 17.1. The van der Waals surface area contributed by atoms with Crippen molar-refractivity contribution in [1.29, 1.82) is 0 Å². The maximum absolute atomic E-state index is 13.4. The Labute approximate surface area is 156 Å². The minimum atomic E-state index is -1.84. The topological polar surface area (TPSA) is 78.9 Å². The van der Waals surface area contributed by atoms with Crippen LogP contribution in [0.2, 0.25) is 0 Å². The normalized spacial score (nSPS) is 13.8. The number of esters is 1. The van der Waals surface area contributed by atoms with E-state index in [1.165, 1.54) is 14.2 Å². The van der Waals surface area contributed by atoms with E-state index in [0.29, 0.717) is 6.42 Å². The molecular formula is C19H27O6P. The lowest BCUT2D eigenvalue weighted by atomic mass is 9.90. The summed E-state index contributed by atoms with van der Waals surface area (Å²) in [6.07, 6.45) is 1.37. The van der Waals surface area contributed by atoms with Gasteiger partial charge in [-0.1, -0.05) is 25.8 Å². The van der Waals surface area contributed by atoms with Crippen molar-refractivity contribution in [3.63, 3.8) is 0 Å². The van der Waals surface area contributed by atoms with E-state index in [1.54, 1.807) is 39.0 Å². The Kier molecular flexibility index (Phi) is 7.76. The van der Waals surface area contributed by atoms with E-state index in [1.807, 2.05) is 6.92 Å². The number of hydrogen-bond donors (Lipinski definition) is 0. The largest absolute Gasteiger partial charge is 0.496 e. The van der Waals surface area contributed by atoms with Gasteiger partial charge in [-0.2, -0.15) is 0 Å². The van der Waals surface area contributed by atoms with Crippen molar-refractivity contribution in [2.24, 2.45) is 0 Å². The highest BCUT2D eigenvalue weighted by atomic mass is 31.1. The first-order valence-electron chi connectivity index (χ1n) is 8.50. The molecule has 0 aliphatic heterocycles. The molecule has 0 aliphatic carbocycles. The quantitative estimate of drug-likeness (QED) is 0.272. The van der Waals surface area contributed by atoms with E-state index in [9.17, 15) is 14.2 Å². The summed E-state index contributed by atoms with van der Waals surface area (Å²) in [5, 5.41) is -1.84. The maximum Gasteiger partial charge on any atom is 0.332 e. The van der Waals surface area contributed by atoms with E-state index < -0.39 is 31.0 Å². The maximum atomic E-state index is 13.4. The summed E-state index contributed by atoms with van der Waals surface area (Å²) in [5.41, 5.74) is -0.729. The van der Waals surface area contributed by atoms with Crippen LogP contribution in [0.5, 0.6) is 11.5 Å². The number of Topliss-reactive ketones (excluding diaryl/α,β-unsaturated/α-hetero) is 1. The molecule has 0 aromatic heterocycles.